The maximum atomic E-state index is 12.1. The van der Waals surface area contributed by atoms with Crippen LogP contribution in [0.15, 0.2) is 47.7 Å². The van der Waals surface area contributed by atoms with Gasteiger partial charge in [0.2, 0.25) is 0 Å². The van der Waals surface area contributed by atoms with Gasteiger partial charge in [0.1, 0.15) is 5.82 Å². The SMILES string of the molecule is C=N/C=C\C=C(/N)c1ccc2c(c1)[nH]c1c(C(N)=O)cnc(NC(C3CC3)C3CC3)c12. The maximum absolute atomic E-state index is 12.1. The third-order valence-electron chi connectivity index (χ3n) is 6.26. The van der Waals surface area contributed by atoms with Crippen LogP contribution < -0.4 is 16.8 Å². The molecule has 6 N–H and O–H groups in total. The molecule has 2 fully saturated rings. The Morgan fingerprint density at radius 2 is 2.00 bits per heavy atom. The number of carbonyl (C=O) groups is 1. The first-order valence-corrected chi connectivity index (χ1v) is 10.7. The summed E-state index contributed by atoms with van der Waals surface area (Å²) < 4.78 is 0. The molecule has 0 atom stereocenters. The summed E-state index contributed by atoms with van der Waals surface area (Å²) in [6.45, 7) is 3.41. The molecule has 0 radical (unpaired) electrons. The highest BCUT2D eigenvalue weighted by Crippen LogP contribution is 2.46. The smallest absolute Gasteiger partial charge is 0.252 e. The van der Waals surface area contributed by atoms with E-state index in [1.54, 1.807) is 24.5 Å². The molecule has 2 saturated carbocycles. The van der Waals surface area contributed by atoms with E-state index >= 15 is 0 Å². The number of rotatable bonds is 8. The van der Waals surface area contributed by atoms with Crippen LogP contribution in [0.5, 0.6) is 0 Å². The van der Waals surface area contributed by atoms with Gasteiger partial charge in [-0.15, -0.1) is 0 Å². The van der Waals surface area contributed by atoms with Crippen molar-refractivity contribution in [3.8, 4) is 0 Å². The molecular formula is C24H26N6O. The van der Waals surface area contributed by atoms with Gasteiger partial charge in [0.15, 0.2) is 0 Å². The molecule has 0 bridgehead atoms. The fourth-order valence-electron chi connectivity index (χ4n) is 4.37. The lowest BCUT2D eigenvalue weighted by Crippen LogP contribution is -2.25. The van der Waals surface area contributed by atoms with Crippen molar-refractivity contribution in [2.45, 2.75) is 31.7 Å². The number of nitrogens with two attached hydrogens (primary N) is 2. The van der Waals surface area contributed by atoms with Crippen molar-refractivity contribution in [3.05, 3.63) is 53.9 Å². The van der Waals surface area contributed by atoms with Crippen LogP contribution in [0.1, 0.15) is 41.6 Å². The van der Waals surface area contributed by atoms with Crippen molar-refractivity contribution in [2.24, 2.45) is 28.3 Å². The number of fused-ring (bicyclic) bond motifs is 3. The summed E-state index contributed by atoms with van der Waals surface area (Å²) in [6.07, 6.45) is 11.8. The Bertz CT molecular complexity index is 1230. The van der Waals surface area contributed by atoms with Crippen molar-refractivity contribution < 1.29 is 4.79 Å². The third-order valence-corrected chi connectivity index (χ3v) is 6.26. The van der Waals surface area contributed by atoms with E-state index in [0.717, 1.165) is 39.5 Å². The second-order valence-electron chi connectivity index (χ2n) is 8.51. The lowest BCUT2D eigenvalue weighted by molar-refractivity contribution is 0.100. The van der Waals surface area contributed by atoms with Crippen LogP contribution in [-0.4, -0.2) is 28.6 Å². The standard InChI is InChI=1S/C24H26N6O/c1-27-10-2-3-18(25)15-8-9-16-19(11-15)29-22-17(23(26)31)12-28-24(20(16)22)30-21(13-4-5-13)14-6-7-14/h2-3,8-14,21,29H,1,4-7,25H2,(H2,26,31)(H,28,30)/b10-2-,18-3-. The van der Waals surface area contributed by atoms with E-state index in [0.29, 0.717) is 22.8 Å². The monoisotopic (exact) mass is 414 g/mol. The fraction of sp³-hybridized carbons (Fsp3) is 0.292. The number of anilines is 1. The number of nitrogens with one attached hydrogen (secondary N) is 2. The molecule has 158 valence electrons. The molecule has 2 aliphatic carbocycles. The molecule has 0 aliphatic heterocycles. The van der Waals surface area contributed by atoms with E-state index < -0.39 is 5.91 Å². The van der Waals surface area contributed by atoms with Crippen LogP contribution in [0.3, 0.4) is 0 Å². The van der Waals surface area contributed by atoms with Crippen molar-refractivity contribution in [1.29, 1.82) is 0 Å². The number of aromatic nitrogens is 2. The van der Waals surface area contributed by atoms with Gasteiger partial charge in [-0.1, -0.05) is 12.1 Å². The Morgan fingerprint density at radius 1 is 1.26 bits per heavy atom. The Kier molecular flexibility index (Phi) is 4.73. The number of H-pyrrole nitrogens is 1. The topological polar surface area (TPSA) is 122 Å². The number of allylic oxidation sites excluding steroid dienone is 2. The van der Waals surface area contributed by atoms with Gasteiger partial charge in [-0.3, -0.25) is 9.79 Å². The van der Waals surface area contributed by atoms with Crippen molar-refractivity contribution >= 4 is 45.9 Å². The lowest BCUT2D eigenvalue weighted by Gasteiger charge is -2.19. The summed E-state index contributed by atoms with van der Waals surface area (Å²) in [7, 11) is 0. The van der Waals surface area contributed by atoms with Gasteiger partial charge in [0.25, 0.3) is 5.91 Å². The molecule has 2 aliphatic rings. The number of aliphatic imine (C=N–C) groups is 1. The maximum Gasteiger partial charge on any atom is 0.252 e. The Hall–Kier alpha value is -3.61. The number of amides is 1. The van der Waals surface area contributed by atoms with Crippen LogP contribution >= 0.6 is 0 Å². The zero-order chi connectivity index (χ0) is 21.5. The number of benzene rings is 1. The number of hydrogen-bond donors (Lipinski definition) is 4. The molecule has 0 unspecified atom stereocenters. The first kappa shape index (κ1) is 19.4. The summed E-state index contributed by atoms with van der Waals surface area (Å²) in [5.41, 5.74) is 15.3. The lowest BCUT2D eigenvalue weighted by atomic mass is 10.0. The predicted octanol–water partition coefficient (Wildman–Crippen LogP) is 3.93. The molecule has 2 aromatic heterocycles. The molecule has 2 heterocycles. The normalized spacial score (nSPS) is 17.1. The number of aromatic amines is 1. The molecule has 1 amide bonds. The summed E-state index contributed by atoms with van der Waals surface area (Å²) in [5.74, 6) is 1.75. The number of primary amides is 1. The first-order chi connectivity index (χ1) is 15.1. The summed E-state index contributed by atoms with van der Waals surface area (Å²) in [4.78, 5) is 23.8. The molecule has 0 saturated heterocycles. The van der Waals surface area contributed by atoms with E-state index in [1.807, 2.05) is 18.2 Å². The van der Waals surface area contributed by atoms with Gasteiger partial charge >= 0.3 is 0 Å². The number of hydrogen-bond acceptors (Lipinski definition) is 5. The van der Waals surface area contributed by atoms with Crippen LogP contribution in [0.2, 0.25) is 0 Å². The molecule has 7 nitrogen and oxygen atoms in total. The first-order valence-electron chi connectivity index (χ1n) is 10.7. The minimum atomic E-state index is -0.502. The average Bonchev–Trinajstić information content (AvgIpc) is 3.68. The van der Waals surface area contributed by atoms with E-state index in [1.165, 1.54) is 25.7 Å². The average molecular weight is 415 g/mol. The van der Waals surface area contributed by atoms with Crippen molar-refractivity contribution in [2.75, 3.05) is 5.32 Å². The molecule has 7 heteroatoms. The zero-order valence-electron chi connectivity index (χ0n) is 17.3. The number of pyridine rings is 1. The van der Waals surface area contributed by atoms with Crippen LogP contribution in [0, 0.1) is 11.8 Å². The Morgan fingerprint density at radius 3 is 2.65 bits per heavy atom. The molecule has 31 heavy (non-hydrogen) atoms. The quantitative estimate of drug-likeness (QED) is 0.329. The molecule has 5 rings (SSSR count). The van der Waals surface area contributed by atoms with E-state index in [-0.39, 0.29) is 0 Å². The molecular weight excluding hydrogens is 388 g/mol. The van der Waals surface area contributed by atoms with Gasteiger partial charge in [0, 0.05) is 35.0 Å². The Labute approximate surface area is 180 Å². The van der Waals surface area contributed by atoms with E-state index in [4.69, 9.17) is 11.5 Å². The van der Waals surface area contributed by atoms with Gasteiger partial charge < -0.3 is 21.8 Å². The van der Waals surface area contributed by atoms with Gasteiger partial charge in [-0.05, 0) is 68.0 Å². The second kappa shape index (κ2) is 7.58. The summed E-state index contributed by atoms with van der Waals surface area (Å²) in [5, 5.41) is 5.61. The molecule has 0 spiro atoms. The fourth-order valence-corrected chi connectivity index (χ4v) is 4.37. The highest BCUT2D eigenvalue weighted by atomic mass is 16.1. The minimum absolute atomic E-state index is 0.385. The minimum Gasteiger partial charge on any atom is -0.398 e. The van der Waals surface area contributed by atoms with Crippen molar-refractivity contribution in [1.82, 2.24) is 9.97 Å². The third kappa shape index (κ3) is 3.67. The highest BCUT2D eigenvalue weighted by Gasteiger charge is 2.41. The summed E-state index contributed by atoms with van der Waals surface area (Å²) >= 11 is 0. The van der Waals surface area contributed by atoms with Crippen LogP contribution in [-0.2, 0) is 0 Å². The predicted molar refractivity (Wildman–Crippen MR) is 126 cm³/mol. The number of nitrogens with zero attached hydrogens (tertiary/aromatic N) is 2. The van der Waals surface area contributed by atoms with E-state index in [2.05, 4.69) is 27.0 Å². The summed E-state index contributed by atoms with van der Waals surface area (Å²) in [6, 6.07) is 6.41. The van der Waals surface area contributed by atoms with Crippen molar-refractivity contribution in [3.63, 3.8) is 0 Å². The Balaban J connectivity index is 1.63. The van der Waals surface area contributed by atoms with Gasteiger partial charge in [-0.25, -0.2) is 4.98 Å². The molecule has 1 aromatic carbocycles. The number of carbonyl (C=O) groups excluding carboxylic acids is 1. The molecule has 3 aromatic rings. The zero-order valence-corrected chi connectivity index (χ0v) is 17.3. The van der Waals surface area contributed by atoms with Crippen LogP contribution in [0.4, 0.5) is 5.82 Å². The van der Waals surface area contributed by atoms with E-state index in [9.17, 15) is 4.79 Å². The van der Waals surface area contributed by atoms with Gasteiger partial charge in [-0.2, -0.15) is 0 Å². The second-order valence-corrected chi connectivity index (χ2v) is 8.51. The van der Waals surface area contributed by atoms with Gasteiger partial charge in [0.05, 0.1) is 16.5 Å². The highest BCUT2D eigenvalue weighted by molar-refractivity contribution is 6.18. The largest absolute Gasteiger partial charge is 0.398 e. The van der Waals surface area contributed by atoms with Crippen LogP contribution in [0.25, 0.3) is 27.5 Å².